The fraction of sp³-hybridized carbons (Fsp3) is 0.429. The third-order valence-corrected chi connectivity index (χ3v) is 5.71. The van der Waals surface area contributed by atoms with Crippen LogP contribution in [0.25, 0.3) is 0 Å². The predicted octanol–water partition coefficient (Wildman–Crippen LogP) is 5.08. The summed E-state index contributed by atoms with van der Waals surface area (Å²) in [6.07, 6.45) is 6.78. The number of phenolic OH excluding ortho intramolecular Hbond substituents is 2. The highest BCUT2D eigenvalue weighted by molar-refractivity contribution is 5.93. The van der Waals surface area contributed by atoms with E-state index in [-0.39, 0.29) is 22.3 Å². The Bertz CT molecular complexity index is 984. The molecule has 0 aliphatic carbocycles. The quantitative estimate of drug-likeness (QED) is 0.574. The minimum absolute atomic E-state index is 0.0782. The molecule has 2 aromatic rings. The molecule has 0 unspecified atom stereocenters. The summed E-state index contributed by atoms with van der Waals surface area (Å²) in [5, 5.41) is 21.5. The van der Waals surface area contributed by atoms with Crippen LogP contribution in [0.5, 0.6) is 11.5 Å². The fourth-order valence-electron chi connectivity index (χ4n) is 3.50. The normalized spacial score (nSPS) is 15.2. The molecule has 1 heterocycles. The highest BCUT2D eigenvalue weighted by atomic mass is 16.3. The summed E-state index contributed by atoms with van der Waals surface area (Å²) >= 11 is 0. The van der Waals surface area contributed by atoms with E-state index < -0.39 is 0 Å². The van der Waals surface area contributed by atoms with Gasteiger partial charge in [0.15, 0.2) is 0 Å². The van der Waals surface area contributed by atoms with Crippen molar-refractivity contribution in [2.24, 2.45) is 20.0 Å². The highest BCUT2D eigenvalue weighted by Crippen LogP contribution is 2.31. The first-order chi connectivity index (χ1) is 16.0. The number of benzene rings is 2. The maximum Gasteiger partial charge on any atom is 0.133 e. The summed E-state index contributed by atoms with van der Waals surface area (Å²) in [6.45, 7) is 14.7. The van der Waals surface area contributed by atoms with Crippen molar-refractivity contribution in [1.82, 2.24) is 0 Å². The van der Waals surface area contributed by atoms with E-state index in [4.69, 9.17) is 0 Å². The number of fused-ring (bicyclic) bond motifs is 4. The molecule has 1 aliphatic heterocycles. The topological polar surface area (TPSA) is 89.9 Å². The standard InChI is InChI=1S/C28H36N4O2/c1-27(2,3)23-11-19-15-29-7-9-31-17-21-13-24(28(4,5)6)14-22(26(21)34)18-32-10-8-30-16-20(12-23)25(19)33/h11-18,33-34H,7-10H2,1-6H3. The van der Waals surface area contributed by atoms with Gasteiger partial charge in [0.25, 0.3) is 0 Å². The molecule has 0 radical (unpaired) electrons. The number of phenols is 2. The molecule has 0 amide bonds. The van der Waals surface area contributed by atoms with Crippen molar-refractivity contribution >= 4 is 24.9 Å². The number of nitrogens with zero attached hydrogens (tertiary/aromatic N) is 4. The van der Waals surface area contributed by atoms with Gasteiger partial charge in [-0.15, -0.1) is 0 Å². The van der Waals surface area contributed by atoms with Crippen LogP contribution in [0.2, 0.25) is 0 Å². The minimum Gasteiger partial charge on any atom is -0.507 e. The first-order valence-corrected chi connectivity index (χ1v) is 11.7. The highest BCUT2D eigenvalue weighted by Gasteiger charge is 2.19. The second-order valence-electron chi connectivity index (χ2n) is 10.6. The van der Waals surface area contributed by atoms with Crippen LogP contribution in [-0.2, 0) is 10.8 Å². The van der Waals surface area contributed by atoms with Gasteiger partial charge in [0, 0.05) is 47.1 Å². The molecule has 34 heavy (non-hydrogen) atoms. The number of rotatable bonds is 0. The third-order valence-electron chi connectivity index (χ3n) is 5.71. The second kappa shape index (κ2) is 10.3. The van der Waals surface area contributed by atoms with Gasteiger partial charge in [-0.2, -0.15) is 0 Å². The molecule has 2 aromatic carbocycles. The molecule has 0 fully saturated rings. The van der Waals surface area contributed by atoms with E-state index in [1.165, 1.54) is 0 Å². The maximum atomic E-state index is 10.8. The average molecular weight is 461 g/mol. The fourth-order valence-corrected chi connectivity index (χ4v) is 3.50. The summed E-state index contributed by atoms with van der Waals surface area (Å²) in [4.78, 5) is 17.9. The molecule has 2 N–H and O–H groups in total. The Kier molecular flexibility index (Phi) is 7.70. The van der Waals surface area contributed by atoms with Gasteiger partial charge in [-0.05, 0) is 46.2 Å². The van der Waals surface area contributed by atoms with Crippen LogP contribution in [0.1, 0.15) is 74.9 Å². The number of aromatic hydroxyl groups is 2. The minimum atomic E-state index is -0.0782. The summed E-state index contributed by atoms with van der Waals surface area (Å²) in [5.41, 5.74) is 4.70. The van der Waals surface area contributed by atoms with Crippen LogP contribution < -0.4 is 0 Å². The van der Waals surface area contributed by atoms with Crippen molar-refractivity contribution in [2.75, 3.05) is 26.2 Å². The Labute approximate surface area is 202 Å². The lowest BCUT2D eigenvalue weighted by Crippen LogP contribution is -2.12. The first-order valence-electron chi connectivity index (χ1n) is 11.7. The molecule has 1 aliphatic rings. The smallest absolute Gasteiger partial charge is 0.133 e. The van der Waals surface area contributed by atoms with E-state index in [9.17, 15) is 10.2 Å². The van der Waals surface area contributed by atoms with Crippen LogP contribution in [0.15, 0.2) is 44.2 Å². The molecular weight excluding hydrogens is 424 g/mol. The van der Waals surface area contributed by atoms with Gasteiger partial charge < -0.3 is 10.2 Å². The number of aliphatic imine (C=N–C) groups is 4. The van der Waals surface area contributed by atoms with Gasteiger partial charge in [0.1, 0.15) is 11.5 Å². The number of hydrogen-bond acceptors (Lipinski definition) is 6. The molecule has 0 saturated heterocycles. The van der Waals surface area contributed by atoms with Gasteiger partial charge in [0.05, 0.1) is 26.2 Å². The Morgan fingerprint density at radius 3 is 0.941 bits per heavy atom. The average Bonchev–Trinajstić information content (AvgIpc) is 2.74. The summed E-state index contributed by atoms with van der Waals surface area (Å²) in [5.74, 6) is 0.339. The van der Waals surface area contributed by atoms with Crippen molar-refractivity contribution in [3.05, 3.63) is 57.6 Å². The lowest BCUT2D eigenvalue weighted by molar-refractivity contribution is 0.471. The summed E-state index contributed by atoms with van der Waals surface area (Å²) in [6, 6.07) is 7.89. The van der Waals surface area contributed by atoms with Gasteiger partial charge in [0.2, 0.25) is 0 Å². The Balaban J connectivity index is 1.99. The van der Waals surface area contributed by atoms with Crippen LogP contribution >= 0.6 is 0 Å². The SMILES string of the molecule is CC(C)(C)c1cc2c(O)c(c1)C=NCCN=Cc1cc(C(C)(C)C)cc(c1O)C=NCCN=C2. The van der Waals surface area contributed by atoms with E-state index in [2.05, 4.69) is 61.5 Å². The van der Waals surface area contributed by atoms with Crippen molar-refractivity contribution in [2.45, 2.75) is 52.4 Å². The molecule has 4 bridgehead atoms. The summed E-state index contributed by atoms with van der Waals surface area (Å²) in [7, 11) is 0. The summed E-state index contributed by atoms with van der Waals surface area (Å²) < 4.78 is 0. The van der Waals surface area contributed by atoms with Gasteiger partial charge >= 0.3 is 0 Å². The van der Waals surface area contributed by atoms with Gasteiger partial charge in [-0.1, -0.05) is 41.5 Å². The largest absolute Gasteiger partial charge is 0.507 e. The lowest BCUT2D eigenvalue weighted by atomic mass is 9.85. The van der Waals surface area contributed by atoms with Gasteiger partial charge in [-0.25, -0.2) is 0 Å². The Morgan fingerprint density at radius 2 is 0.735 bits per heavy atom. The molecular formula is C28H36N4O2. The monoisotopic (exact) mass is 460 g/mol. The molecule has 0 aromatic heterocycles. The molecule has 0 spiro atoms. The zero-order chi connectivity index (χ0) is 24.9. The molecule has 6 heteroatoms. The van der Waals surface area contributed by atoms with E-state index in [0.29, 0.717) is 48.4 Å². The van der Waals surface area contributed by atoms with E-state index in [0.717, 1.165) is 11.1 Å². The molecule has 3 rings (SSSR count). The Morgan fingerprint density at radius 1 is 0.500 bits per heavy atom. The molecule has 0 atom stereocenters. The maximum absolute atomic E-state index is 10.8. The van der Waals surface area contributed by atoms with Crippen LogP contribution in [0, 0.1) is 0 Å². The zero-order valence-corrected chi connectivity index (χ0v) is 21.1. The van der Waals surface area contributed by atoms with E-state index in [1.54, 1.807) is 24.9 Å². The Hall–Kier alpha value is -3.28. The first kappa shape index (κ1) is 25.3. The van der Waals surface area contributed by atoms with E-state index >= 15 is 0 Å². The second-order valence-corrected chi connectivity index (χ2v) is 10.6. The third kappa shape index (κ3) is 6.40. The zero-order valence-electron chi connectivity index (χ0n) is 21.1. The van der Waals surface area contributed by atoms with Crippen LogP contribution in [0.3, 0.4) is 0 Å². The van der Waals surface area contributed by atoms with Crippen molar-refractivity contribution in [1.29, 1.82) is 0 Å². The van der Waals surface area contributed by atoms with Crippen molar-refractivity contribution in [3.63, 3.8) is 0 Å². The van der Waals surface area contributed by atoms with Gasteiger partial charge in [-0.3, -0.25) is 20.0 Å². The van der Waals surface area contributed by atoms with Crippen LogP contribution in [0.4, 0.5) is 0 Å². The predicted molar refractivity (Wildman–Crippen MR) is 143 cm³/mol. The molecule has 0 saturated carbocycles. The number of hydrogen-bond donors (Lipinski definition) is 2. The van der Waals surface area contributed by atoms with Crippen LogP contribution in [-0.4, -0.2) is 61.3 Å². The lowest BCUT2D eigenvalue weighted by Gasteiger charge is -2.21. The van der Waals surface area contributed by atoms with Crippen molar-refractivity contribution < 1.29 is 10.2 Å². The molecule has 180 valence electrons. The molecule has 6 nitrogen and oxygen atoms in total. The van der Waals surface area contributed by atoms with E-state index in [1.807, 2.05) is 24.3 Å². The van der Waals surface area contributed by atoms with Crippen molar-refractivity contribution in [3.8, 4) is 11.5 Å².